The smallest absolute Gasteiger partial charge is 0.396 e. The molecular formula is C14H12F3NO. The fraction of sp³-hybridized carbons (Fsp3) is 0.214. The van der Waals surface area contributed by atoms with Crippen LogP contribution in [0.15, 0.2) is 42.5 Å². The van der Waals surface area contributed by atoms with Gasteiger partial charge in [-0.3, -0.25) is 4.98 Å². The van der Waals surface area contributed by atoms with Crippen LogP contribution in [0.4, 0.5) is 13.2 Å². The van der Waals surface area contributed by atoms with Crippen molar-refractivity contribution in [1.82, 2.24) is 4.98 Å². The predicted octanol–water partition coefficient (Wildman–Crippen LogP) is 3.30. The third-order valence-corrected chi connectivity index (χ3v) is 2.68. The van der Waals surface area contributed by atoms with Crippen LogP contribution in [-0.2, 0) is 12.6 Å². The van der Waals surface area contributed by atoms with Gasteiger partial charge in [-0.05, 0) is 24.3 Å². The Morgan fingerprint density at radius 1 is 1.00 bits per heavy atom. The number of halogens is 3. The monoisotopic (exact) mass is 267 g/mol. The molecule has 1 heterocycles. The maximum Gasteiger partial charge on any atom is 0.416 e. The summed E-state index contributed by atoms with van der Waals surface area (Å²) < 4.78 is 37.3. The summed E-state index contributed by atoms with van der Waals surface area (Å²) in [6.45, 7) is -0.0105. The first-order chi connectivity index (χ1) is 9.00. The number of aliphatic hydroxyl groups is 1. The molecule has 0 saturated heterocycles. The van der Waals surface area contributed by atoms with E-state index in [2.05, 4.69) is 4.98 Å². The maximum absolute atomic E-state index is 12.4. The third-order valence-electron chi connectivity index (χ3n) is 2.68. The molecule has 0 radical (unpaired) electrons. The van der Waals surface area contributed by atoms with Gasteiger partial charge in [-0.25, -0.2) is 0 Å². The van der Waals surface area contributed by atoms with E-state index < -0.39 is 11.7 Å². The van der Waals surface area contributed by atoms with E-state index in [0.717, 1.165) is 12.1 Å². The standard InChI is InChI=1S/C14H12F3NO/c15-14(16,17)11-6-4-10(5-7-11)13-3-1-2-12(18-13)8-9-19/h1-7,19H,8-9H2. The average molecular weight is 267 g/mol. The molecule has 1 N–H and O–H groups in total. The number of rotatable bonds is 3. The van der Waals surface area contributed by atoms with Gasteiger partial charge in [0.05, 0.1) is 11.3 Å². The molecule has 0 saturated carbocycles. The fourth-order valence-corrected chi connectivity index (χ4v) is 1.72. The summed E-state index contributed by atoms with van der Waals surface area (Å²) in [5, 5.41) is 8.84. The van der Waals surface area contributed by atoms with Crippen molar-refractivity contribution in [2.45, 2.75) is 12.6 Å². The van der Waals surface area contributed by atoms with Gasteiger partial charge in [0.15, 0.2) is 0 Å². The summed E-state index contributed by atoms with van der Waals surface area (Å²) in [4.78, 5) is 4.28. The van der Waals surface area contributed by atoms with E-state index in [1.165, 1.54) is 12.1 Å². The van der Waals surface area contributed by atoms with E-state index in [1.54, 1.807) is 18.2 Å². The van der Waals surface area contributed by atoms with Crippen molar-refractivity contribution in [3.8, 4) is 11.3 Å². The first-order valence-electron chi connectivity index (χ1n) is 5.75. The summed E-state index contributed by atoms with van der Waals surface area (Å²) in [7, 11) is 0. The summed E-state index contributed by atoms with van der Waals surface area (Å²) in [5.41, 5.74) is 1.25. The molecule has 0 atom stereocenters. The topological polar surface area (TPSA) is 33.1 Å². The SMILES string of the molecule is OCCc1cccc(-c2ccc(C(F)(F)F)cc2)n1. The van der Waals surface area contributed by atoms with Crippen molar-refractivity contribution < 1.29 is 18.3 Å². The molecule has 0 aliphatic rings. The van der Waals surface area contributed by atoms with E-state index in [-0.39, 0.29) is 6.61 Å². The van der Waals surface area contributed by atoms with Crippen molar-refractivity contribution in [2.24, 2.45) is 0 Å². The minimum absolute atomic E-state index is 0.0105. The number of nitrogens with zero attached hydrogens (tertiary/aromatic N) is 1. The molecule has 0 unspecified atom stereocenters. The van der Waals surface area contributed by atoms with E-state index in [4.69, 9.17) is 5.11 Å². The summed E-state index contributed by atoms with van der Waals surface area (Å²) in [6, 6.07) is 10.1. The molecular weight excluding hydrogens is 255 g/mol. The summed E-state index contributed by atoms with van der Waals surface area (Å²) >= 11 is 0. The molecule has 0 bridgehead atoms. The van der Waals surface area contributed by atoms with Crippen molar-refractivity contribution >= 4 is 0 Å². The molecule has 5 heteroatoms. The number of aliphatic hydroxyl groups excluding tert-OH is 1. The molecule has 1 aromatic heterocycles. The third kappa shape index (κ3) is 3.32. The molecule has 2 aromatic rings. The van der Waals surface area contributed by atoms with E-state index in [9.17, 15) is 13.2 Å². The number of hydrogen-bond donors (Lipinski definition) is 1. The Morgan fingerprint density at radius 2 is 1.68 bits per heavy atom. The lowest BCUT2D eigenvalue weighted by atomic mass is 10.1. The highest BCUT2D eigenvalue weighted by atomic mass is 19.4. The largest absolute Gasteiger partial charge is 0.416 e. The minimum atomic E-state index is -4.33. The Kier molecular flexibility index (Phi) is 3.85. The molecule has 19 heavy (non-hydrogen) atoms. The Bertz CT molecular complexity index is 549. The van der Waals surface area contributed by atoms with Gasteiger partial charge in [-0.2, -0.15) is 13.2 Å². The second kappa shape index (κ2) is 5.40. The van der Waals surface area contributed by atoms with Gasteiger partial charge in [0, 0.05) is 24.3 Å². The van der Waals surface area contributed by atoms with E-state index in [1.807, 2.05) is 0 Å². The van der Waals surface area contributed by atoms with Crippen molar-refractivity contribution in [3.05, 3.63) is 53.7 Å². The van der Waals surface area contributed by atoms with Gasteiger partial charge in [0.25, 0.3) is 0 Å². The Morgan fingerprint density at radius 3 is 2.26 bits per heavy atom. The van der Waals surface area contributed by atoms with Gasteiger partial charge in [0.1, 0.15) is 0 Å². The van der Waals surface area contributed by atoms with Gasteiger partial charge < -0.3 is 5.11 Å². The molecule has 0 spiro atoms. The number of hydrogen-bond acceptors (Lipinski definition) is 2. The van der Waals surface area contributed by atoms with Crippen LogP contribution in [0.25, 0.3) is 11.3 Å². The second-order valence-electron chi connectivity index (χ2n) is 4.06. The normalized spacial score (nSPS) is 11.6. The molecule has 1 aromatic carbocycles. The Hall–Kier alpha value is -1.88. The van der Waals surface area contributed by atoms with Crippen LogP contribution in [0, 0.1) is 0 Å². The Balaban J connectivity index is 2.29. The molecule has 0 amide bonds. The zero-order chi connectivity index (χ0) is 13.9. The Labute approximate surface area is 108 Å². The fourth-order valence-electron chi connectivity index (χ4n) is 1.72. The van der Waals surface area contributed by atoms with Crippen molar-refractivity contribution in [2.75, 3.05) is 6.61 Å². The second-order valence-corrected chi connectivity index (χ2v) is 4.06. The highest BCUT2D eigenvalue weighted by Gasteiger charge is 2.29. The van der Waals surface area contributed by atoms with Gasteiger partial charge in [0.2, 0.25) is 0 Å². The lowest BCUT2D eigenvalue weighted by Gasteiger charge is -2.08. The lowest BCUT2D eigenvalue weighted by Crippen LogP contribution is -2.04. The molecule has 2 rings (SSSR count). The molecule has 100 valence electrons. The highest BCUT2D eigenvalue weighted by molar-refractivity contribution is 5.59. The van der Waals surface area contributed by atoms with Crippen LogP contribution in [0.1, 0.15) is 11.3 Å². The van der Waals surface area contributed by atoms with Gasteiger partial charge in [-0.15, -0.1) is 0 Å². The first kappa shape index (κ1) is 13.5. The number of pyridine rings is 1. The van der Waals surface area contributed by atoms with Crippen LogP contribution >= 0.6 is 0 Å². The molecule has 0 fully saturated rings. The van der Waals surface area contributed by atoms with Crippen LogP contribution < -0.4 is 0 Å². The molecule has 0 aliphatic carbocycles. The van der Waals surface area contributed by atoms with E-state index in [0.29, 0.717) is 23.4 Å². The van der Waals surface area contributed by atoms with E-state index >= 15 is 0 Å². The maximum atomic E-state index is 12.4. The molecule has 0 aliphatic heterocycles. The number of benzene rings is 1. The average Bonchev–Trinajstić information content (AvgIpc) is 2.39. The van der Waals surface area contributed by atoms with Crippen LogP contribution in [0.2, 0.25) is 0 Å². The minimum Gasteiger partial charge on any atom is -0.396 e. The van der Waals surface area contributed by atoms with Gasteiger partial charge >= 0.3 is 6.18 Å². The summed E-state index contributed by atoms with van der Waals surface area (Å²) in [6.07, 6.45) is -3.90. The van der Waals surface area contributed by atoms with Gasteiger partial charge in [-0.1, -0.05) is 18.2 Å². The summed E-state index contributed by atoms with van der Waals surface area (Å²) in [5.74, 6) is 0. The van der Waals surface area contributed by atoms with Crippen LogP contribution in [0.3, 0.4) is 0 Å². The number of alkyl halides is 3. The van der Waals surface area contributed by atoms with Crippen molar-refractivity contribution in [1.29, 1.82) is 0 Å². The molecule has 2 nitrogen and oxygen atoms in total. The zero-order valence-corrected chi connectivity index (χ0v) is 9.98. The lowest BCUT2D eigenvalue weighted by molar-refractivity contribution is -0.137. The van der Waals surface area contributed by atoms with Crippen LogP contribution in [0.5, 0.6) is 0 Å². The number of aromatic nitrogens is 1. The van der Waals surface area contributed by atoms with Crippen LogP contribution in [-0.4, -0.2) is 16.7 Å². The predicted molar refractivity (Wildman–Crippen MR) is 65.5 cm³/mol. The zero-order valence-electron chi connectivity index (χ0n) is 9.98. The quantitative estimate of drug-likeness (QED) is 0.925. The van der Waals surface area contributed by atoms with Crippen molar-refractivity contribution in [3.63, 3.8) is 0 Å². The highest BCUT2D eigenvalue weighted by Crippen LogP contribution is 2.30. The first-order valence-corrected chi connectivity index (χ1v) is 5.75.